The largest absolute Gasteiger partial charge is 0.355 e. The maximum atomic E-state index is 4.40. The zero-order chi connectivity index (χ0) is 13.5. The number of hydrogen-bond acceptors (Lipinski definition) is 2. The maximum absolute atomic E-state index is 4.40. The molecule has 0 aromatic carbocycles. The number of nitrogens with one attached hydrogen (secondary N) is 1. The molecule has 3 heteroatoms. The number of aromatic nitrogens is 2. The average Bonchev–Trinajstić information content (AvgIpc) is 2.73. The number of nitrogens with zero attached hydrogens (tertiary/aromatic N) is 2. The van der Waals surface area contributed by atoms with Crippen molar-refractivity contribution in [3.05, 3.63) is 12.4 Å². The second-order valence-corrected chi connectivity index (χ2v) is 6.11. The Balaban J connectivity index is 2.46. The molecule has 1 atom stereocenters. The highest BCUT2D eigenvalue weighted by molar-refractivity contribution is 5.26. The van der Waals surface area contributed by atoms with Crippen LogP contribution in [0.25, 0.3) is 0 Å². The van der Waals surface area contributed by atoms with Crippen molar-refractivity contribution >= 4 is 5.95 Å². The summed E-state index contributed by atoms with van der Waals surface area (Å²) >= 11 is 0. The molecule has 0 saturated heterocycles. The van der Waals surface area contributed by atoms with Crippen LogP contribution in [0.3, 0.4) is 0 Å². The van der Waals surface area contributed by atoms with Gasteiger partial charge in [0, 0.05) is 25.0 Å². The minimum Gasteiger partial charge on any atom is -0.355 e. The molecule has 0 spiro atoms. The molecule has 0 amide bonds. The SMILES string of the molecule is CC(C)CCCC(C)n1ccnc1NCC(C)C. The molecular weight excluding hydrogens is 222 g/mol. The van der Waals surface area contributed by atoms with Gasteiger partial charge < -0.3 is 9.88 Å². The van der Waals surface area contributed by atoms with Crippen LogP contribution in [-0.2, 0) is 0 Å². The summed E-state index contributed by atoms with van der Waals surface area (Å²) < 4.78 is 2.27. The fourth-order valence-corrected chi connectivity index (χ4v) is 2.06. The fourth-order valence-electron chi connectivity index (χ4n) is 2.06. The van der Waals surface area contributed by atoms with E-state index in [4.69, 9.17) is 0 Å². The smallest absolute Gasteiger partial charge is 0.203 e. The van der Waals surface area contributed by atoms with Crippen LogP contribution in [0.5, 0.6) is 0 Å². The van der Waals surface area contributed by atoms with Crippen LogP contribution in [0.4, 0.5) is 5.95 Å². The minimum atomic E-state index is 0.529. The van der Waals surface area contributed by atoms with Gasteiger partial charge in [-0.15, -0.1) is 0 Å². The van der Waals surface area contributed by atoms with Gasteiger partial charge in [0.15, 0.2) is 0 Å². The van der Waals surface area contributed by atoms with Crippen molar-refractivity contribution in [2.24, 2.45) is 11.8 Å². The molecule has 1 rings (SSSR count). The summed E-state index contributed by atoms with van der Waals surface area (Å²) in [5.74, 6) is 2.46. The first-order valence-corrected chi connectivity index (χ1v) is 7.27. The van der Waals surface area contributed by atoms with Crippen LogP contribution in [-0.4, -0.2) is 16.1 Å². The lowest BCUT2D eigenvalue weighted by Crippen LogP contribution is -2.14. The average molecular weight is 251 g/mol. The molecule has 104 valence electrons. The summed E-state index contributed by atoms with van der Waals surface area (Å²) in [6.07, 6.45) is 7.81. The van der Waals surface area contributed by atoms with E-state index < -0.39 is 0 Å². The lowest BCUT2D eigenvalue weighted by Gasteiger charge is -2.18. The van der Waals surface area contributed by atoms with E-state index in [9.17, 15) is 0 Å². The second kappa shape index (κ2) is 7.45. The van der Waals surface area contributed by atoms with E-state index in [-0.39, 0.29) is 0 Å². The third-order valence-corrected chi connectivity index (χ3v) is 3.22. The quantitative estimate of drug-likeness (QED) is 0.745. The highest BCUT2D eigenvalue weighted by Crippen LogP contribution is 2.20. The Kier molecular flexibility index (Phi) is 6.23. The molecule has 0 aliphatic carbocycles. The van der Waals surface area contributed by atoms with Crippen molar-refractivity contribution in [3.8, 4) is 0 Å². The van der Waals surface area contributed by atoms with Crippen molar-refractivity contribution in [2.45, 2.75) is 59.9 Å². The van der Waals surface area contributed by atoms with E-state index in [1.807, 2.05) is 6.20 Å². The zero-order valence-electron chi connectivity index (χ0n) is 12.6. The van der Waals surface area contributed by atoms with Gasteiger partial charge in [0.2, 0.25) is 5.95 Å². The molecule has 0 bridgehead atoms. The predicted octanol–water partition coefficient (Wildman–Crippen LogP) is 4.34. The van der Waals surface area contributed by atoms with Gasteiger partial charge in [-0.05, 0) is 25.2 Å². The van der Waals surface area contributed by atoms with Crippen LogP contribution in [0.2, 0.25) is 0 Å². The Labute approximate surface area is 112 Å². The van der Waals surface area contributed by atoms with Crippen LogP contribution in [0, 0.1) is 11.8 Å². The molecule has 0 saturated carbocycles. The molecule has 3 nitrogen and oxygen atoms in total. The van der Waals surface area contributed by atoms with Gasteiger partial charge >= 0.3 is 0 Å². The topological polar surface area (TPSA) is 29.9 Å². The van der Waals surface area contributed by atoms with Crippen molar-refractivity contribution in [1.82, 2.24) is 9.55 Å². The molecule has 1 unspecified atom stereocenters. The molecule has 1 N–H and O–H groups in total. The Bertz CT molecular complexity index is 328. The van der Waals surface area contributed by atoms with Crippen molar-refractivity contribution < 1.29 is 0 Å². The van der Waals surface area contributed by atoms with E-state index in [0.29, 0.717) is 12.0 Å². The van der Waals surface area contributed by atoms with E-state index >= 15 is 0 Å². The number of imidazole rings is 1. The van der Waals surface area contributed by atoms with E-state index in [1.165, 1.54) is 19.3 Å². The Morgan fingerprint density at radius 2 is 1.83 bits per heavy atom. The minimum absolute atomic E-state index is 0.529. The first-order valence-electron chi connectivity index (χ1n) is 7.27. The molecule has 1 aromatic rings. The van der Waals surface area contributed by atoms with Gasteiger partial charge in [0.1, 0.15) is 0 Å². The fraction of sp³-hybridized carbons (Fsp3) is 0.800. The van der Waals surface area contributed by atoms with Crippen molar-refractivity contribution in [1.29, 1.82) is 0 Å². The summed E-state index contributed by atoms with van der Waals surface area (Å²) in [7, 11) is 0. The highest BCUT2D eigenvalue weighted by atomic mass is 15.2. The Morgan fingerprint density at radius 1 is 1.11 bits per heavy atom. The Morgan fingerprint density at radius 3 is 2.44 bits per heavy atom. The molecule has 0 fully saturated rings. The predicted molar refractivity (Wildman–Crippen MR) is 79.0 cm³/mol. The number of hydrogen-bond donors (Lipinski definition) is 1. The molecule has 1 heterocycles. The van der Waals surface area contributed by atoms with Gasteiger partial charge in [-0.3, -0.25) is 0 Å². The summed E-state index contributed by atoms with van der Waals surface area (Å²) in [5.41, 5.74) is 0. The van der Waals surface area contributed by atoms with E-state index in [0.717, 1.165) is 18.4 Å². The number of anilines is 1. The van der Waals surface area contributed by atoms with Crippen molar-refractivity contribution in [2.75, 3.05) is 11.9 Å². The molecule has 1 aromatic heterocycles. The third-order valence-electron chi connectivity index (χ3n) is 3.22. The summed E-state index contributed by atoms with van der Waals surface area (Å²) in [4.78, 5) is 4.40. The molecular formula is C15H29N3. The summed E-state index contributed by atoms with van der Waals surface area (Å²) in [6, 6.07) is 0.529. The Hall–Kier alpha value is -0.990. The second-order valence-electron chi connectivity index (χ2n) is 6.11. The van der Waals surface area contributed by atoms with Crippen LogP contribution in [0.15, 0.2) is 12.4 Å². The van der Waals surface area contributed by atoms with Gasteiger partial charge in [-0.25, -0.2) is 4.98 Å². The third kappa shape index (κ3) is 5.11. The standard InChI is InChI=1S/C15H29N3/c1-12(2)7-6-8-14(5)18-10-9-16-15(18)17-11-13(3)4/h9-10,12-14H,6-8,11H2,1-5H3,(H,16,17). The molecule has 18 heavy (non-hydrogen) atoms. The van der Waals surface area contributed by atoms with Crippen molar-refractivity contribution in [3.63, 3.8) is 0 Å². The van der Waals surface area contributed by atoms with Gasteiger partial charge in [-0.2, -0.15) is 0 Å². The lowest BCUT2D eigenvalue weighted by molar-refractivity contribution is 0.449. The summed E-state index contributed by atoms with van der Waals surface area (Å²) in [6.45, 7) is 12.3. The monoisotopic (exact) mass is 251 g/mol. The maximum Gasteiger partial charge on any atom is 0.203 e. The van der Waals surface area contributed by atoms with Crippen LogP contribution >= 0.6 is 0 Å². The normalized spacial score (nSPS) is 13.3. The lowest BCUT2D eigenvalue weighted by atomic mass is 10.0. The molecule has 0 aliphatic rings. The first kappa shape index (κ1) is 15.1. The van der Waals surface area contributed by atoms with E-state index in [2.05, 4.69) is 55.7 Å². The van der Waals surface area contributed by atoms with Gasteiger partial charge in [0.05, 0.1) is 0 Å². The van der Waals surface area contributed by atoms with Crippen LogP contribution < -0.4 is 5.32 Å². The van der Waals surface area contributed by atoms with Gasteiger partial charge in [-0.1, -0.05) is 40.5 Å². The molecule has 0 radical (unpaired) electrons. The first-order chi connectivity index (χ1) is 8.50. The highest BCUT2D eigenvalue weighted by Gasteiger charge is 2.10. The number of rotatable bonds is 8. The zero-order valence-corrected chi connectivity index (χ0v) is 12.6. The van der Waals surface area contributed by atoms with Gasteiger partial charge in [0.25, 0.3) is 0 Å². The van der Waals surface area contributed by atoms with E-state index in [1.54, 1.807) is 0 Å². The van der Waals surface area contributed by atoms with Crippen LogP contribution in [0.1, 0.15) is 59.9 Å². The summed E-state index contributed by atoms with van der Waals surface area (Å²) in [5, 5.41) is 3.42. The molecule has 0 aliphatic heterocycles.